The van der Waals surface area contributed by atoms with E-state index in [1.807, 2.05) is 0 Å². The zero-order valence-corrected chi connectivity index (χ0v) is 12.6. The minimum atomic E-state index is -0.599. The summed E-state index contributed by atoms with van der Waals surface area (Å²) in [7, 11) is 0. The van der Waals surface area contributed by atoms with Gasteiger partial charge < -0.3 is 10.4 Å². The van der Waals surface area contributed by atoms with Crippen molar-refractivity contribution >= 4 is 15.9 Å². The van der Waals surface area contributed by atoms with Crippen molar-refractivity contribution in [2.45, 2.75) is 33.4 Å². The lowest BCUT2D eigenvalue weighted by molar-refractivity contribution is 0.148. The first-order valence-electron chi connectivity index (χ1n) is 6.02. The number of rotatable bonds is 6. The highest BCUT2D eigenvalue weighted by Crippen LogP contribution is 2.06. The van der Waals surface area contributed by atoms with Crippen LogP contribution < -0.4 is 10.9 Å². The van der Waals surface area contributed by atoms with Crippen molar-refractivity contribution in [3.05, 3.63) is 26.8 Å². The molecule has 2 N–H and O–H groups in total. The molecule has 0 saturated heterocycles. The summed E-state index contributed by atoms with van der Waals surface area (Å²) in [6.45, 7) is 7.53. The maximum atomic E-state index is 11.9. The fraction of sp³-hybridized carbons (Fsp3) is 0.667. The monoisotopic (exact) mass is 317 g/mol. The predicted octanol–water partition coefficient (Wildman–Crippen LogP) is 0.921. The number of aliphatic hydroxyl groups excluding tert-OH is 1. The molecule has 1 unspecified atom stereocenters. The molecule has 0 aliphatic carbocycles. The Morgan fingerprint density at radius 3 is 2.78 bits per heavy atom. The number of nitrogens with zero attached hydrogens (tertiary/aromatic N) is 2. The first kappa shape index (κ1) is 15.3. The van der Waals surface area contributed by atoms with Crippen LogP contribution in [0.15, 0.2) is 15.6 Å². The third-order valence-electron chi connectivity index (χ3n) is 2.50. The van der Waals surface area contributed by atoms with Crippen molar-refractivity contribution in [1.29, 1.82) is 0 Å². The molecule has 102 valence electrons. The number of hydrogen-bond donors (Lipinski definition) is 2. The average Bonchev–Trinajstić information content (AvgIpc) is 2.29. The van der Waals surface area contributed by atoms with Gasteiger partial charge in [-0.25, -0.2) is 4.98 Å². The van der Waals surface area contributed by atoms with E-state index in [2.05, 4.69) is 40.1 Å². The Labute approximate surface area is 115 Å². The molecule has 6 heteroatoms. The van der Waals surface area contributed by atoms with Crippen molar-refractivity contribution in [2.24, 2.45) is 5.92 Å². The fourth-order valence-electron chi connectivity index (χ4n) is 1.51. The normalized spacial score (nSPS) is 13.0. The van der Waals surface area contributed by atoms with Crippen molar-refractivity contribution in [2.75, 3.05) is 13.1 Å². The maximum Gasteiger partial charge on any atom is 0.267 e. The highest BCUT2D eigenvalue weighted by Gasteiger charge is 2.10. The summed E-state index contributed by atoms with van der Waals surface area (Å²) >= 11 is 3.20. The molecule has 1 heterocycles. The summed E-state index contributed by atoms with van der Waals surface area (Å²) in [4.78, 5) is 15.9. The van der Waals surface area contributed by atoms with Gasteiger partial charge in [0.1, 0.15) is 4.47 Å². The van der Waals surface area contributed by atoms with Crippen LogP contribution in [0.5, 0.6) is 0 Å². The maximum absolute atomic E-state index is 11.9. The summed E-state index contributed by atoms with van der Waals surface area (Å²) in [6.07, 6.45) is 0.867. The molecule has 0 aliphatic heterocycles. The molecule has 1 atom stereocenters. The first-order chi connectivity index (χ1) is 8.41. The van der Waals surface area contributed by atoms with Gasteiger partial charge in [-0.1, -0.05) is 13.8 Å². The van der Waals surface area contributed by atoms with Crippen LogP contribution in [0.2, 0.25) is 0 Å². The summed E-state index contributed by atoms with van der Waals surface area (Å²) in [6, 6.07) is 0. The molecule has 1 rings (SSSR count). The topological polar surface area (TPSA) is 67.2 Å². The highest BCUT2D eigenvalue weighted by molar-refractivity contribution is 9.10. The Bertz CT molecular complexity index is 445. The predicted molar refractivity (Wildman–Crippen MR) is 74.6 cm³/mol. The van der Waals surface area contributed by atoms with Gasteiger partial charge >= 0.3 is 0 Å². The highest BCUT2D eigenvalue weighted by atomic mass is 79.9. The second kappa shape index (κ2) is 7.01. The first-order valence-corrected chi connectivity index (χ1v) is 6.81. The third kappa shape index (κ3) is 4.51. The van der Waals surface area contributed by atoms with Crippen LogP contribution in [-0.2, 0) is 6.54 Å². The van der Waals surface area contributed by atoms with E-state index in [9.17, 15) is 9.90 Å². The number of aliphatic hydroxyl groups is 1. The summed E-state index contributed by atoms with van der Waals surface area (Å²) in [5.41, 5.74) is 0.495. The molecule has 0 amide bonds. The van der Waals surface area contributed by atoms with Gasteiger partial charge in [-0.15, -0.1) is 0 Å². The zero-order chi connectivity index (χ0) is 13.7. The van der Waals surface area contributed by atoms with Gasteiger partial charge in [0.25, 0.3) is 5.56 Å². The smallest absolute Gasteiger partial charge is 0.267 e. The SMILES string of the molecule is Cc1ncn(CC(O)CNCC(C)C)c(=O)c1Br. The van der Waals surface area contributed by atoms with E-state index in [0.29, 0.717) is 22.6 Å². The molecule has 0 bridgehead atoms. The van der Waals surface area contributed by atoms with Crippen molar-refractivity contribution in [3.63, 3.8) is 0 Å². The Kier molecular flexibility index (Phi) is 5.98. The average molecular weight is 318 g/mol. The standard InChI is InChI=1S/C12H20BrN3O2/c1-8(2)4-14-5-10(17)6-16-7-15-9(3)11(13)12(16)18/h7-8,10,14,17H,4-6H2,1-3H3. The number of aryl methyl sites for hydroxylation is 1. The molecule has 1 aromatic rings. The second-order valence-corrected chi connectivity index (χ2v) is 5.60. The van der Waals surface area contributed by atoms with Gasteiger partial charge in [0.2, 0.25) is 0 Å². The second-order valence-electron chi connectivity index (χ2n) is 4.81. The van der Waals surface area contributed by atoms with Gasteiger partial charge in [-0.3, -0.25) is 9.36 Å². The van der Waals surface area contributed by atoms with E-state index >= 15 is 0 Å². The molecule has 5 nitrogen and oxygen atoms in total. The van der Waals surface area contributed by atoms with Crippen LogP contribution >= 0.6 is 15.9 Å². The minimum Gasteiger partial charge on any atom is -0.390 e. The summed E-state index contributed by atoms with van der Waals surface area (Å²) in [5.74, 6) is 0.537. The lowest BCUT2D eigenvalue weighted by atomic mass is 10.2. The molecular weight excluding hydrogens is 298 g/mol. The minimum absolute atomic E-state index is 0.162. The van der Waals surface area contributed by atoms with Crippen molar-refractivity contribution < 1.29 is 5.11 Å². The van der Waals surface area contributed by atoms with Crippen LogP contribution in [0, 0.1) is 12.8 Å². The zero-order valence-electron chi connectivity index (χ0n) is 11.0. The van der Waals surface area contributed by atoms with Gasteiger partial charge in [-0.05, 0) is 35.3 Å². The van der Waals surface area contributed by atoms with E-state index in [0.717, 1.165) is 6.54 Å². The van der Waals surface area contributed by atoms with Crippen LogP contribution in [0.3, 0.4) is 0 Å². The number of nitrogens with one attached hydrogen (secondary N) is 1. The number of hydrogen-bond acceptors (Lipinski definition) is 4. The Balaban J connectivity index is 2.57. The molecule has 1 aromatic heterocycles. The lowest BCUT2D eigenvalue weighted by Crippen LogP contribution is -2.35. The van der Waals surface area contributed by atoms with Gasteiger partial charge in [0.05, 0.1) is 24.7 Å². The molecule has 0 radical (unpaired) electrons. The molecule has 0 aromatic carbocycles. The number of aromatic nitrogens is 2. The van der Waals surface area contributed by atoms with E-state index < -0.39 is 6.10 Å². The van der Waals surface area contributed by atoms with Crippen molar-refractivity contribution in [1.82, 2.24) is 14.9 Å². The Morgan fingerprint density at radius 1 is 1.50 bits per heavy atom. The molecule has 0 aliphatic rings. The van der Waals surface area contributed by atoms with Gasteiger partial charge in [0, 0.05) is 6.54 Å². The quantitative estimate of drug-likeness (QED) is 0.818. The van der Waals surface area contributed by atoms with Gasteiger partial charge in [0.15, 0.2) is 0 Å². The van der Waals surface area contributed by atoms with Crippen molar-refractivity contribution in [3.8, 4) is 0 Å². The lowest BCUT2D eigenvalue weighted by Gasteiger charge is -2.14. The van der Waals surface area contributed by atoms with E-state index in [1.165, 1.54) is 10.9 Å². The Hall–Kier alpha value is -0.720. The van der Waals surface area contributed by atoms with E-state index in [-0.39, 0.29) is 12.1 Å². The van der Waals surface area contributed by atoms with E-state index in [4.69, 9.17) is 0 Å². The largest absolute Gasteiger partial charge is 0.390 e. The van der Waals surface area contributed by atoms with Crippen LogP contribution in [-0.4, -0.2) is 33.9 Å². The summed E-state index contributed by atoms with van der Waals surface area (Å²) in [5, 5.41) is 13.0. The molecule has 0 spiro atoms. The molecule has 0 fully saturated rings. The van der Waals surface area contributed by atoms with Gasteiger partial charge in [-0.2, -0.15) is 0 Å². The Morgan fingerprint density at radius 2 is 2.17 bits per heavy atom. The molecule has 0 saturated carbocycles. The van der Waals surface area contributed by atoms with E-state index in [1.54, 1.807) is 6.92 Å². The van der Waals surface area contributed by atoms with Crippen LogP contribution in [0.1, 0.15) is 19.5 Å². The summed E-state index contributed by atoms with van der Waals surface area (Å²) < 4.78 is 1.87. The number of halogens is 1. The molecule has 18 heavy (non-hydrogen) atoms. The fourth-order valence-corrected chi connectivity index (χ4v) is 1.84. The van der Waals surface area contributed by atoms with Crippen LogP contribution in [0.4, 0.5) is 0 Å². The molecular formula is C12H20BrN3O2. The third-order valence-corrected chi connectivity index (χ3v) is 3.41. The van der Waals surface area contributed by atoms with Crippen LogP contribution in [0.25, 0.3) is 0 Å².